The van der Waals surface area contributed by atoms with Crippen LogP contribution in [0.5, 0.6) is 0 Å². The maximum atomic E-state index is 11.3. The molecule has 19 heavy (non-hydrogen) atoms. The zero-order valence-electron chi connectivity index (χ0n) is 11.7. The summed E-state index contributed by atoms with van der Waals surface area (Å²) < 4.78 is 28.0. The Morgan fingerprint density at radius 2 is 2.05 bits per heavy atom. The Kier molecular flexibility index (Phi) is 7.68. The summed E-state index contributed by atoms with van der Waals surface area (Å²) in [7, 11) is -2.80. The fourth-order valence-electron chi connectivity index (χ4n) is 2.18. The summed E-state index contributed by atoms with van der Waals surface area (Å²) in [6.07, 6.45) is 6.70. The first-order valence-corrected chi connectivity index (χ1v) is 9.37. The Labute approximate surface area is 122 Å². The molecule has 0 spiro atoms. The zero-order valence-corrected chi connectivity index (χ0v) is 13.3. The summed E-state index contributed by atoms with van der Waals surface area (Å²) in [5, 5.41) is 3.41. The van der Waals surface area contributed by atoms with Crippen LogP contribution in [0.15, 0.2) is 0 Å². The van der Waals surface area contributed by atoms with Crippen molar-refractivity contribution in [2.75, 3.05) is 24.7 Å². The third-order valence-corrected chi connectivity index (χ3v) is 5.44. The molecule has 0 aromatic rings. The van der Waals surface area contributed by atoms with Crippen LogP contribution < -0.4 is 5.32 Å². The van der Waals surface area contributed by atoms with Crippen molar-refractivity contribution < 1.29 is 13.2 Å². The van der Waals surface area contributed by atoms with E-state index in [1.165, 1.54) is 25.7 Å². The maximum absolute atomic E-state index is 11.3. The minimum Gasteiger partial charge on any atom is -0.471 e. The van der Waals surface area contributed by atoms with Crippen molar-refractivity contribution in [3.63, 3.8) is 0 Å². The average Bonchev–Trinajstić information content (AvgIpc) is 2.71. The van der Waals surface area contributed by atoms with Gasteiger partial charge in [-0.3, -0.25) is 0 Å². The molecule has 1 heterocycles. The van der Waals surface area contributed by atoms with E-state index in [4.69, 9.17) is 17.0 Å². The fraction of sp³-hybridized carbons (Fsp3) is 0.923. The third kappa shape index (κ3) is 7.72. The number of ether oxygens (including phenoxy) is 1. The molecule has 1 saturated heterocycles. The molecule has 4 nitrogen and oxygen atoms in total. The van der Waals surface area contributed by atoms with Crippen LogP contribution in [-0.2, 0) is 14.6 Å². The second kappa shape index (κ2) is 8.74. The number of hydrogen-bond acceptors (Lipinski definition) is 4. The van der Waals surface area contributed by atoms with Crippen molar-refractivity contribution in [1.82, 2.24) is 5.32 Å². The molecule has 1 N–H and O–H groups in total. The molecule has 6 heteroatoms. The van der Waals surface area contributed by atoms with Crippen LogP contribution in [0.25, 0.3) is 0 Å². The van der Waals surface area contributed by atoms with Gasteiger partial charge >= 0.3 is 0 Å². The van der Waals surface area contributed by atoms with Gasteiger partial charge in [0.15, 0.2) is 9.84 Å². The predicted octanol–water partition coefficient (Wildman–Crippen LogP) is 2.28. The molecular weight excluding hydrogens is 282 g/mol. The third-order valence-electron chi connectivity index (χ3n) is 3.34. The first-order valence-electron chi connectivity index (χ1n) is 7.14. The van der Waals surface area contributed by atoms with Gasteiger partial charge in [-0.2, -0.15) is 0 Å². The van der Waals surface area contributed by atoms with Gasteiger partial charge < -0.3 is 10.1 Å². The van der Waals surface area contributed by atoms with Crippen LogP contribution in [0.4, 0.5) is 0 Å². The minimum absolute atomic E-state index is 0.177. The molecule has 0 aliphatic carbocycles. The highest BCUT2D eigenvalue weighted by atomic mass is 32.2. The number of thiocarbonyl (C=S) groups is 1. The predicted molar refractivity (Wildman–Crippen MR) is 82.1 cm³/mol. The van der Waals surface area contributed by atoms with Gasteiger partial charge in [-0.25, -0.2) is 8.42 Å². The number of unbranched alkanes of at least 4 members (excludes halogenated alkanes) is 4. The number of sulfone groups is 1. The van der Waals surface area contributed by atoms with E-state index in [0.29, 0.717) is 24.1 Å². The standard InChI is InChI=1S/C13H25NO3S2/c1-2-3-4-5-6-8-17-13(18)14-10-12-7-9-19(15,16)11-12/h12H,2-11H2,1H3,(H,14,18). The molecule has 0 bridgehead atoms. The summed E-state index contributed by atoms with van der Waals surface area (Å²) in [4.78, 5) is 0. The van der Waals surface area contributed by atoms with E-state index >= 15 is 0 Å². The summed E-state index contributed by atoms with van der Waals surface area (Å²) >= 11 is 5.06. The van der Waals surface area contributed by atoms with Crippen LogP contribution >= 0.6 is 12.2 Å². The first-order chi connectivity index (χ1) is 9.03. The van der Waals surface area contributed by atoms with Gasteiger partial charge in [0, 0.05) is 6.54 Å². The number of hydrogen-bond donors (Lipinski definition) is 1. The Balaban J connectivity index is 1.99. The van der Waals surface area contributed by atoms with Crippen LogP contribution in [0.1, 0.15) is 45.4 Å². The van der Waals surface area contributed by atoms with Gasteiger partial charge in [-0.05, 0) is 31.0 Å². The lowest BCUT2D eigenvalue weighted by molar-refractivity contribution is 0.284. The molecular formula is C13H25NO3S2. The normalized spacial score (nSPS) is 21.2. The Hall–Kier alpha value is -0.360. The van der Waals surface area contributed by atoms with Crippen molar-refractivity contribution >= 4 is 27.2 Å². The summed E-state index contributed by atoms with van der Waals surface area (Å²) in [5.41, 5.74) is 0. The van der Waals surface area contributed by atoms with Crippen LogP contribution in [0.3, 0.4) is 0 Å². The summed E-state index contributed by atoms with van der Waals surface area (Å²) in [6.45, 7) is 3.45. The highest BCUT2D eigenvalue weighted by Gasteiger charge is 2.27. The van der Waals surface area contributed by atoms with Gasteiger partial charge in [0.2, 0.25) is 0 Å². The molecule has 0 aromatic heterocycles. The topological polar surface area (TPSA) is 55.4 Å². The minimum atomic E-state index is -2.80. The van der Waals surface area contributed by atoms with Crippen molar-refractivity contribution in [2.45, 2.75) is 45.4 Å². The molecule has 1 fully saturated rings. The largest absolute Gasteiger partial charge is 0.471 e. The second-order valence-corrected chi connectivity index (χ2v) is 7.80. The van der Waals surface area contributed by atoms with Gasteiger partial charge in [0.25, 0.3) is 5.17 Å². The molecule has 1 rings (SSSR count). The molecule has 1 aliphatic heterocycles. The average molecular weight is 307 g/mol. The van der Waals surface area contributed by atoms with E-state index in [1.807, 2.05) is 0 Å². The number of rotatable bonds is 8. The number of nitrogens with one attached hydrogen (secondary N) is 1. The molecule has 1 aliphatic rings. The van der Waals surface area contributed by atoms with E-state index in [2.05, 4.69) is 12.2 Å². The smallest absolute Gasteiger partial charge is 0.256 e. The van der Waals surface area contributed by atoms with Crippen molar-refractivity contribution in [1.29, 1.82) is 0 Å². The van der Waals surface area contributed by atoms with Crippen LogP contribution in [0.2, 0.25) is 0 Å². The Morgan fingerprint density at radius 3 is 2.68 bits per heavy atom. The van der Waals surface area contributed by atoms with Crippen molar-refractivity contribution in [3.8, 4) is 0 Å². The van der Waals surface area contributed by atoms with Gasteiger partial charge in [-0.1, -0.05) is 32.6 Å². The van der Waals surface area contributed by atoms with E-state index in [0.717, 1.165) is 12.8 Å². The highest BCUT2D eigenvalue weighted by Crippen LogP contribution is 2.17. The van der Waals surface area contributed by atoms with Gasteiger partial charge in [0.05, 0.1) is 18.1 Å². The summed E-state index contributed by atoms with van der Waals surface area (Å²) in [6, 6.07) is 0. The second-order valence-electron chi connectivity index (χ2n) is 5.20. The van der Waals surface area contributed by atoms with Crippen LogP contribution in [-0.4, -0.2) is 38.2 Å². The molecule has 0 amide bonds. The molecule has 1 atom stereocenters. The van der Waals surface area contributed by atoms with E-state index in [-0.39, 0.29) is 11.7 Å². The maximum Gasteiger partial charge on any atom is 0.256 e. The lowest BCUT2D eigenvalue weighted by atomic mass is 10.1. The van der Waals surface area contributed by atoms with E-state index in [9.17, 15) is 8.42 Å². The van der Waals surface area contributed by atoms with E-state index < -0.39 is 9.84 Å². The van der Waals surface area contributed by atoms with Gasteiger partial charge in [-0.15, -0.1) is 0 Å². The van der Waals surface area contributed by atoms with Crippen molar-refractivity contribution in [2.24, 2.45) is 5.92 Å². The lowest BCUT2D eigenvalue weighted by Crippen LogP contribution is -2.30. The molecule has 0 radical (unpaired) electrons. The van der Waals surface area contributed by atoms with Crippen molar-refractivity contribution in [3.05, 3.63) is 0 Å². The molecule has 0 saturated carbocycles. The lowest BCUT2D eigenvalue weighted by Gasteiger charge is -2.12. The van der Waals surface area contributed by atoms with Gasteiger partial charge in [0.1, 0.15) is 0 Å². The van der Waals surface area contributed by atoms with Crippen LogP contribution in [0, 0.1) is 5.92 Å². The molecule has 1 unspecified atom stereocenters. The molecule has 0 aromatic carbocycles. The molecule has 112 valence electrons. The zero-order chi connectivity index (χ0) is 14.1. The first kappa shape index (κ1) is 16.7. The summed E-state index contributed by atoms with van der Waals surface area (Å²) in [5.74, 6) is 0.764. The monoisotopic (exact) mass is 307 g/mol. The SMILES string of the molecule is CCCCCCCOC(=S)NCC1CCS(=O)(=O)C1. The van der Waals surface area contributed by atoms with E-state index in [1.54, 1.807) is 0 Å². The fourth-order valence-corrected chi connectivity index (χ4v) is 4.21. The quantitative estimate of drug-likeness (QED) is 0.551. The Morgan fingerprint density at radius 1 is 1.32 bits per heavy atom. The Bertz CT molecular complexity index is 368. The highest BCUT2D eigenvalue weighted by molar-refractivity contribution is 7.91.